The molecule has 0 radical (unpaired) electrons. The highest BCUT2D eigenvalue weighted by atomic mass is 19.2. The second-order valence-corrected chi connectivity index (χ2v) is 2.21. The molecular formula is C7H3F4NO. The van der Waals surface area contributed by atoms with E-state index in [-0.39, 0.29) is 6.07 Å². The average molecular weight is 193 g/mol. The van der Waals surface area contributed by atoms with E-state index in [1.165, 1.54) is 0 Å². The van der Waals surface area contributed by atoms with Crippen LogP contribution < -0.4 is 5.73 Å². The number of rotatable bonds is 1. The summed E-state index contributed by atoms with van der Waals surface area (Å²) in [7, 11) is 0. The van der Waals surface area contributed by atoms with Gasteiger partial charge in [0.1, 0.15) is 5.56 Å². The smallest absolute Gasteiger partial charge is 0.254 e. The first kappa shape index (κ1) is 9.50. The summed E-state index contributed by atoms with van der Waals surface area (Å²) >= 11 is 0. The molecule has 0 saturated carbocycles. The molecule has 0 atom stereocenters. The maximum absolute atomic E-state index is 12.6. The Bertz CT molecular complexity index is 351. The lowest BCUT2D eigenvalue weighted by molar-refractivity contribution is 0.0990. The van der Waals surface area contributed by atoms with E-state index in [1.807, 2.05) is 0 Å². The maximum Gasteiger partial charge on any atom is 0.254 e. The number of nitrogens with two attached hydrogens (primary N) is 1. The minimum atomic E-state index is -1.79. The maximum atomic E-state index is 12.6. The first-order valence-electron chi connectivity index (χ1n) is 3.08. The molecule has 0 aliphatic rings. The molecule has 0 fully saturated rings. The summed E-state index contributed by atoms with van der Waals surface area (Å²) in [6, 6.07) is -0.00287. The van der Waals surface area contributed by atoms with Crippen LogP contribution in [-0.2, 0) is 0 Å². The number of amides is 1. The number of hydrogen-bond donors (Lipinski definition) is 1. The standard InChI is InChI=1S/C7H3F4NO/c8-2-1-3(9)6(11)4(5(2)10)7(12)13/h1H,(H2,12,13). The van der Waals surface area contributed by atoms with Crippen molar-refractivity contribution in [1.29, 1.82) is 0 Å². The van der Waals surface area contributed by atoms with Crippen LogP contribution in [0.4, 0.5) is 17.6 Å². The van der Waals surface area contributed by atoms with Crippen LogP contribution in [0.15, 0.2) is 6.07 Å². The molecule has 0 aliphatic heterocycles. The predicted octanol–water partition coefficient (Wildman–Crippen LogP) is 1.34. The molecule has 0 saturated heterocycles. The topological polar surface area (TPSA) is 43.1 Å². The molecule has 1 aromatic rings. The number of halogens is 4. The van der Waals surface area contributed by atoms with Crippen LogP contribution >= 0.6 is 0 Å². The van der Waals surface area contributed by atoms with Crippen molar-refractivity contribution in [2.45, 2.75) is 0 Å². The van der Waals surface area contributed by atoms with Gasteiger partial charge in [-0.1, -0.05) is 0 Å². The zero-order chi connectivity index (χ0) is 10.2. The van der Waals surface area contributed by atoms with E-state index in [0.717, 1.165) is 0 Å². The van der Waals surface area contributed by atoms with Crippen molar-refractivity contribution in [3.8, 4) is 0 Å². The van der Waals surface area contributed by atoms with Crippen molar-refractivity contribution in [3.05, 3.63) is 34.9 Å². The quantitative estimate of drug-likeness (QED) is 0.530. The highest BCUT2D eigenvalue weighted by Gasteiger charge is 2.22. The van der Waals surface area contributed by atoms with Crippen molar-refractivity contribution in [2.24, 2.45) is 5.73 Å². The molecule has 0 spiro atoms. The van der Waals surface area contributed by atoms with E-state index in [2.05, 4.69) is 5.73 Å². The highest BCUT2D eigenvalue weighted by molar-refractivity contribution is 5.93. The molecule has 2 N–H and O–H groups in total. The van der Waals surface area contributed by atoms with Crippen LogP contribution in [0.5, 0.6) is 0 Å². The Hall–Kier alpha value is -1.59. The second kappa shape index (κ2) is 3.04. The van der Waals surface area contributed by atoms with Crippen molar-refractivity contribution < 1.29 is 22.4 Å². The molecule has 0 unspecified atom stereocenters. The van der Waals surface area contributed by atoms with Gasteiger partial charge in [0.2, 0.25) is 0 Å². The lowest BCUT2D eigenvalue weighted by Gasteiger charge is -2.01. The Labute approximate surface area is 70.0 Å². The summed E-state index contributed by atoms with van der Waals surface area (Å²) < 4.78 is 50.0. The average Bonchev–Trinajstić information content (AvgIpc) is 2.01. The number of carbonyl (C=O) groups excluding carboxylic acids is 1. The van der Waals surface area contributed by atoms with Crippen LogP contribution in [0.25, 0.3) is 0 Å². The minimum absolute atomic E-state index is 0.00287. The first-order chi connectivity index (χ1) is 5.95. The molecular weight excluding hydrogens is 190 g/mol. The van der Waals surface area contributed by atoms with Gasteiger partial charge in [-0.3, -0.25) is 4.79 Å². The summed E-state index contributed by atoms with van der Waals surface area (Å²) in [5, 5.41) is 0. The predicted molar refractivity (Wildman–Crippen MR) is 34.8 cm³/mol. The Morgan fingerprint density at radius 3 is 1.77 bits per heavy atom. The SMILES string of the molecule is NC(=O)c1c(F)c(F)cc(F)c1F. The fourth-order valence-electron chi connectivity index (χ4n) is 0.789. The summed E-state index contributed by atoms with van der Waals surface area (Å²) in [6.45, 7) is 0. The Balaban J connectivity index is 3.56. The van der Waals surface area contributed by atoms with Gasteiger partial charge in [-0.05, 0) is 0 Å². The van der Waals surface area contributed by atoms with E-state index in [0.29, 0.717) is 0 Å². The third kappa shape index (κ3) is 1.47. The minimum Gasteiger partial charge on any atom is -0.365 e. The van der Waals surface area contributed by atoms with E-state index in [4.69, 9.17) is 0 Å². The Kier molecular flexibility index (Phi) is 2.22. The largest absolute Gasteiger partial charge is 0.365 e. The van der Waals surface area contributed by atoms with Crippen LogP contribution in [0, 0.1) is 23.3 Å². The summed E-state index contributed by atoms with van der Waals surface area (Å²) in [4.78, 5) is 10.4. The number of carbonyl (C=O) groups is 1. The first-order valence-corrected chi connectivity index (χ1v) is 3.08. The highest BCUT2D eigenvalue weighted by Crippen LogP contribution is 2.18. The van der Waals surface area contributed by atoms with Gasteiger partial charge in [-0.15, -0.1) is 0 Å². The molecule has 13 heavy (non-hydrogen) atoms. The fraction of sp³-hybridized carbons (Fsp3) is 0. The van der Waals surface area contributed by atoms with Gasteiger partial charge in [0, 0.05) is 6.07 Å². The van der Waals surface area contributed by atoms with Crippen molar-refractivity contribution >= 4 is 5.91 Å². The Morgan fingerprint density at radius 2 is 1.46 bits per heavy atom. The monoisotopic (exact) mass is 193 g/mol. The van der Waals surface area contributed by atoms with Gasteiger partial charge in [-0.2, -0.15) is 0 Å². The van der Waals surface area contributed by atoms with Gasteiger partial charge in [0.05, 0.1) is 0 Å². The Morgan fingerprint density at radius 1 is 1.08 bits per heavy atom. The van der Waals surface area contributed by atoms with Crippen LogP contribution in [-0.4, -0.2) is 5.91 Å². The van der Waals surface area contributed by atoms with Gasteiger partial charge < -0.3 is 5.73 Å². The van der Waals surface area contributed by atoms with Gasteiger partial charge in [0.15, 0.2) is 23.3 Å². The molecule has 1 rings (SSSR count). The number of hydrogen-bond acceptors (Lipinski definition) is 1. The molecule has 6 heteroatoms. The molecule has 0 aromatic heterocycles. The zero-order valence-corrected chi connectivity index (χ0v) is 6.07. The van der Waals surface area contributed by atoms with Gasteiger partial charge >= 0.3 is 0 Å². The third-order valence-electron chi connectivity index (χ3n) is 1.36. The third-order valence-corrected chi connectivity index (χ3v) is 1.36. The van der Waals surface area contributed by atoms with Crippen LogP contribution in [0.1, 0.15) is 10.4 Å². The number of benzene rings is 1. The van der Waals surface area contributed by atoms with Gasteiger partial charge in [0.25, 0.3) is 5.91 Å². The summed E-state index contributed by atoms with van der Waals surface area (Å²) in [5.41, 5.74) is 3.10. The van der Waals surface area contributed by atoms with E-state index in [1.54, 1.807) is 0 Å². The molecule has 0 bridgehead atoms. The molecule has 1 aromatic carbocycles. The van der Waals surface area contributed by atoms with E-state index >= 15 is 0 Å². The number of primary amides is 1. The van der Waals surface area contributed by atoms with Crippen LogP contribution in [0.2, 0.25) is 0 Å². The van der Waals surface area contributed by atoms with Crippen LogP contribution in [0.3, 0.4) is 0 Å². The molecule has 70 valence electrons. The van der Waals surface area contributed by atoms with Crippen molar-refractivity contribution in [3.63, 3.8) is 0 Å². The fourth-order valence-corrected chi connectivity index (χ4v) is 0.789. The molecule has 1 amide bonds. The lowest BCUT2D eigenvalue weighted by atomic mass is 10.1. The van der Waals surface area contributed by atoms with E-state index < -0.39 is 34.7 Å². The zero-order valence-electron chi connectivity index (χ0n) is 6.07. The van der Waals surface area contributed by atoms with Crippen molar-refractivity contribution in [2.75, 3.05) is 0 Å². The molecule has 0 aliphatic carbocycles. The summed E-state index contributed by atoms with van der Waals surface area (Å²) in [6.07, 6.45) is 0. The molecule has 2 nitrogen and oxygen atoms in total. The van der Waals surface area contributed by atoms with Gasteiger partial charge in [-0.25, -0.2) is 17.6 Å². The second-order valence-electron chi connectivity index (χ2n) is 2.21. The van der Waals surface area contributed by atoms with E-state index in [9.17, 15) is 22.4 Å². The summed E-state index contributed by atoms with van der Waals surface area (Å²) in [5.74, 6) is -8.45. The molecule has 0 heterocycles. The lowest BCUT2D eigenvalue weighted by Crippen LogP contribution is -2.17. The van der Waals surface area contributed by atoms with Crippen molar-refractivity contribution in [1.82, 2.24) is 0 Å². The normalized spacial score (nSPS) is 10.2.